The van der Waals surface area contributed by atoms with Crippen molar-refractivity contribution in [2.24, 2.45) is 5.92 Å². The molecule has 1 aliphatic rings. The van der Waals surface area contributed by atoms with Crippen molar-refractivity contribution in [3.63, 3.8) is 0 Å². The largest absolute Gasteiger partial charge is 0.481 e. The third kappa shape index (κ3) is 5.88. The highest BCUT2D eigenvalue weighted by molar-refractivity contribution is 5.78. The van der Waals surface area contributed by atoms with Crippen LogP contribution in [0.15, 0.2) is 0 Å². The molecule has 0 spiro atoms. The first-order valence-electron chi connectivity index (χ1n) is 5.71. The lowest BCUT2D eigenvalue weighted by atomic mass is 9.97. The molecule has 0 radical (unpaired) electrons. The highest BCUT2D eigenvalue weighted by atomic mass is 19.4. The summed E-state index contributed by atoms with van der Waals surface area (Å²) in [4.78, 5) is 27.8. The minimum absolute atomic E-state index is 0.288. The summed E-state index contributed by atoms with van der Waals surface area (Å²) in [6, 6.07) is 0. The summed E-state index contributed by atoms with van der Waals surface area (Å²) < 4.78 is 35.2. The molecule has 1 aliphatic heterocycles. The number of nitrogens with zero attached hydrogens (tertiary/aromatic N) is 1. The van der Waals surface area contributed by atoms with Gasteiger partial charge in [0, 0.05) is 13.1 Å². The predicted octanol–water partition coefficient (Wildman–Crippen LogP) is 0.393. The molecule has 1 saturated heterocycles. The number of carbonyl (C=O) groups is 2. The maximum Gasteiger partial charge on any atom is 0.413 e. The SMILES string of the molecule is O=C(O)C1CCN(C(=O)CNOCC(F)(F)F)CC1. The van der Waals surface area contributed by atoms with Crippen LogP contribution in [0.5, 0.6) is 0 Å². The average Bonchev–Trinajstić information content (AvgIpc) is 2.33. The molecule has 110 valence electrons. The number of alkyl halides is 3. The number of rotatable bonds is 5. The molecular weight excluding hydrogens is 269 g/mol. The van der Waals surface area contributed by atoms with Gasteiger partial charge in [-0.3, -0.25) is 14.4 Å². The summed E-state index contributed by atoms with van der Waals surface area (Å²) in [5.41, 5.74) is 1.95. The van der Waals surface area contributed by atoms with Gasteiger partial charge in [0.25, 0.3) is 0 Å². The molecule has 0 saturated carbocycles. The fourth-order valence-corrected chi connectivity index (χ4v) is 1.73. The lowest BCUT2D eigenvalue weighted by molar-refractivity contribution is -0.190. The van der Waals surface area contributed by atoms with E-state index in [1.54, 1.807) is 0 Å². The molecule has 19 heavy (non-hydrogen) atoms. The topological polar surface area (TPSA) is 78.9 Å². The molecule has 9 heteroatoms. The first kappa shape index (κ1) is 15.7. The first-order valence-corrected chi connectivity index (χ1v) is 5.71. The number of piperidine rings is 1. The molecule has 1 rings (SSSR count). The van der Waals surface area contributed by atoms with Crippen LogP contribution in [0.2, 0.25) is 0 Å². The fraction of sp³-hybridized carbons (Fsp3) is 0.800. The Balaban J connectivity index is 2.19. The first-order chi connectivity index (χ1) is 8.79. The standard InChI is InChI=1S/C10H15F3N2O4/c11-10(12,13)6-19-14-5-8(16)15-3-1-7(2-4-15)9(17)18/h7,14H,1-6H2,(H,17,18). The molecule has 6 nitrogen and oxygen atoms in total. The Morgan fingerprint density at radius 2 is 1.89 bits per heavy atom. The van der Waals surface area contributed by atoms with E-state index in [0.29, 0.717) is 12.8 Å². The molecule has 0 aromatic heterocycles. The minimum Gasteiger partial charge on any atom is -0.481 e. The Morgan fingerprint density at radius 1 is 1.32 bits per heavy atom. The van der Waals surface area contributed by atoms with Gasteiger partial charge in [0.05, 0.1) is 5.92 Å². The third-order valence-electron chi connectivity index (χ3n) is 2.76. The molecule has 0 atom stereocenters. The van der Waals surface area contributed by atoms with Crippen molar-refractivity contribution < 1.29 is 32.7 Å². The number of aliphatic carboxylic acids is 1. The van der Waals surface area contributed by atoms with E-state index in [2.05, 4.69) is 4.84 Å². The van der Waals surface area contributed by atoms with Crippen LogP contribution in [-0.4, -0.2) is 54.3 Å². The van der Waals surface area contributed by atoms with E-state index in [0.717, 1.165) is 0 Å². The Kier molecular flexibility index (Phi) is 5.55. The van der Waals surface area contributed by atoms with Crippen molar-refractivity contribution in [3.05, 3.63) is 0 Å². The molecule has 1 heterocycles. The third-order valence-corrected chi connectivity index (χ3v) is 2.76. The number of amides is 1. The zero-order valence-electron chi connectivity index (χ0n) is 10.1. The van der Waals surface area contributed by atoms with Crippen LogP contribution < -0.4 is 5.48 Å². The maximum absolute atomic E-state index is 11.7. The second-order valence-corrected chi connectivity index (χ2v) is 4.22. The molecule has 0 aromatic carbocycles. The van der Waals surface area contributed by atoms with Gasteiger partial charge in [-0.2, -0.15) is 18.7 Å². The summed E-state index contributed by atoms with van der Waals surface area (Å²) in [7, 11) is 0. The lowest BCUT2D eigenvalue weighted by Crippen LogP contribution is -2.44. The van der Waals surface area contributed by atoms with Crippen LogP contribution in [0.25, 0.3) is 0 Å². The monoisotopic (exact) mass is 284 g/mol. The Morgan fingerprint density at radius 3 is 2.37 bits per heavy atom. The van der Waals surface area contributed by atoms with Gasteiger partial charge in [0.1, 0.15) is 6.54 Å². The highest BCUT2D eigenvalue weighted by Crippen LogP contribution is 2.17. The lowest BCUT2D eigenvalue weighted by Gasteiger charge is -2.30. The van der Waals surface area contributed by atoms with Crippen molar-refractivity contribution in [2.45, 2.75) is 19.0 Å². The van der Waals surface area contributed by atoms with Crippen molar-refractivity contribution in [1.82, 2.24) is 10.4 Å². The van der Waals surface area contributed by atoms with Crippen LogP contribution in [0, 0.1) is 5.92 Å². The fourth-order valence-electron chi connectivity index (χ4n) is 1.73. The molecule has 0 aromatic rings. The Bertz CT molecular complexity index is 327. The van der Waals surface area contributed by atoms with Crippen molar-refractivity contribution in [2.75, 3.05) is 26.2 Å². The van der Waals surface area contributed by atoms with Crippen LogP contribution in [0.1, 0.15) is 12.8 Å². The zero-order valence-corrected chi connectivity index (χ0v) is 10.1. The van der Waals surface area contributed by atoms with Gasteiger partial charge in [-0.05, 0) is 12.8 Å². The number of halogens is 3. The van der Waals surface area contributed by atoms with E-state index in [1.807, 2.05) is 5.48 Å². The highest BCUT2D eigenvalue weighted by Gasteiger charge is 2.29. The van der Waals surface area contributed by atoms with Crippen LogP contribution in [-0.2, 0) is 14.4 Å². The molecule has 0 unspecified atom stereocenters. The van der Waals surface area contributed by atoms with E-state index >= 15 is 0 Å². The van der Waals surface area contributed by atoms with E-state index in [9.17, 15) is 22.8 Å². The number of carboxylic acid groups (broad SMARTS) is 1. The molecule has 1 amide bonds. The molecule has 0 bridgehead atoms. The molecule has 1 fully saturated rings. The Labute approximate surface area is 107 Å². The second-order valence-electron chi connectivity index (χ2n) is 4.22. The smallest absolute Gasteiger partial charge is 0.413 e. The molecular formula is C10H15F3N2O4. The maximum atomic E-state index is 11.7. The number of carboxylic acids is 1. The summed E-state index contributed by atoms with van der Waals surface area (Å²) in [6.07, 6.45) is -3.75. The number of likely N-dealkylation sites (tertiary alicyclic amines) is 1. The zero-order chi connectivity index (χ0) is 14.5. The van der Waals surface area contributed by atoms with Crippen molar-refractivity contribution in [3.8, 4) is 0 Å². The normalized spacial score (nSPS) is 17.5. The summed E-state index contributed by atoms with van der Waals surface area (Å²) >= 11 is 0. The number of carbonyl (C=O) groups excluding carboxylic acids is 1. The van der Waals surface area contributed by atoms with E-state index < -0.39 is 30.6 Å². The minimum atomic E-state index is -4.45. The van der Waals surface area contributed by atoms with Gasteiger partial charge in [-0.15, -0.1) is 0 Å². The summed E-state index contributed by atoms with van der Waals surface area (Å²) in [5.74, 6) is -1.76. The van der Waals surface area contributed by atoms with Gasteiger partial charge in [0.2, 0.25) is 5.91 Å². The van der Waals surface area contributed by atoms with Gasteiger partial charge in [0.15, 0.2) is 6.61 Å². The summed E-state index contributed by atoms with van der Waals surface area (Å²) in [5, 5.41) is 8.77. The van der Waals surface area contributed by atoms with Crippen LogP contribution in [0.4, 0.5) is 13.2 Å². The number of nitrogens with one attached hydrogen (secondary N) is 1. The van der Waals surface area contributed by atoms with Crippen LogP contribution in [0.3, 0.4) is 0 Å². The van der Waals surface area contributed by atoms with Crippen molar-refractivity contribution >= 4 is 11.9 Å². The van der Waals surface area contributed by atoms with E-state index in [-0.39, 0.29) is 19.6 Å². The van der Waals surface area contributed by atoms with Crippen LogP contribution >= 0.6 is 0 Å². The quantitative estimate of drug-likeness (QED) is 0.564. The summed E-state index contributed by atoms with van der Waals surface area (Å²) in [6.45, 7) is -1.26. The van der Waals surface area contributed by atoms with E-state index in [1.165, 1.54) is 4.90 Å². The van der Waals surface area contributed by atoms with Gasteiger partial charge in [-0.1, -0.05) is 0 Å². The number of hydroxylamine groups is 1. The van der Waals surface area contributed by atoms with Gasteiger partial charge < -0.3 is 10.0 Å². The predicted molar refractivity (Wildman–Crippen MR) is 56.9 cm³/mol. The Hall–Kier alpha value is -1.35. The number of hydrogen-bond donors (Lipinski definition) is 2. The van der Waals surface area contributed by atoms with Gasteiger partial charge in [-0.25, -0.2) is 0 Å². The molecule has 2 N–H and O–H groups in total. The molecule has 0 aliphatic carbocycles. The van der Waals surface area contributed by atoms with Crippen molar-refractivity contribution in [1.29, 1.82) is 0 Å². The van der Waals surface area contributed by atoms with Gasteiger partial charge >= 0.3 is 12.1 Å². The second kappa shape index (κ2) is 6.71. The van der Waals surface area contributed by atoms with E-state index in [4.69, 9.17) is 5.11 Å². The average molecular weight is 284 g/mol. The number of hydrogen-bond acceptors (Lipinski definition) is 4.